The van der Waals surface area contributed by atoms with Crippen LogP contribution >= 0.6 is 0 Å². The maximum atomic E-state index is 5.61. The average Bonchev–Trinajstić information content (AvgIpc) is 3.32. The van der Waals surface area contributed by atoms with Crippen molar-refractivity contribution in [1.29, 1.82) is 0 Å². The normalized spacial score (nSPS) is 15.9. The summed E-state index contributed by atoms with van der Waals surface area (Å²) in [6, 6.07) is 4.00. The molecule has 2 N–H and O–H groups in total. The lowest BCUT2D eigenvalue weighted by Crippen LogP contribution is -2.28. The fourth-order valence-corrected chi connectivity index (χ4v) is 3.61. The minimum Gasteiger partial charge on any atom is -0.382 e. The summed E-state index contributed by atoms with van der Waals surface area (Å²) >= 11 is 0. The van der Waals surface area contributed by atoms with E-state index in [9.17, 15) is 0 Å². The quantitative estimate of drug-likeness (QED) is 0.554. The second kappa shape index (κ2) is 6.47. The molecule has 0 amide bonds. The van der Waals surface area contributed by atoms with E-state index in [1.54, 1.807) is 17.1 Å². The van der Waals surface area contributed by atoms with Crippen LogP contribution < -0.4 is 5.73 Å². The fraction of sp³-hybridized carbons (Fsp3) is 0.300. The Bertz CT molecular complexity index is 1140. The lowest BCUT2D eigenvalue weighted by Gasteiger charge is -2.26. The molecular weight excluding hydrogens is 368 g/mol. The Morgan fingerprint density at radius 3 is 2.52 bits per heavy atom. The van der Waals surface area contributed by atoms with E-state index in [4.69, 9.17) is 15.2 Å². The van der Waals surface area contributed by atoms with Gasteiger partial charge in [-0.25, -0.2) is 9.97 Å². The summed E-state index contributed by atoms with van der Waals surface area (Å²) in [5, 5.41) is 8.49. The number of nitrogens with zero attached hydrogens (tertiary/aromatic N) is 7. The maximum Gasteiger partial charge on any atom is 0.261 e. The number of pyridine rings is 1. The van der Waals surface area contributed by atoms with Gasteiger partial charge < -0.3 is 10.3 Å². The van der Waals surface area contributed by atoms with E-state index < -0.39 is 0 Å². The Labute approximate surface area is 167 Å². The van der Waals surface area contributed by atoms with Gasteiger partial charge in [0.15, 0.2) is 5.82 Å². The van der Waals surface area contributed by atoms with Crippen LogP contribution in [0.15, 0.2) is 47.6 Å². The molecule has 1 saturated carbocycles. The number of aryl methyl sites for hydroxylation is 1. The second-order valence-electron chi connectivity index (χ2n) is 7.56. The van der Waals surface area contributed by atoms with Crippen molar-refractivity contribution in [2.45, 2.75) is 25.2 Å². The van der Waals surface area contributed by atoms with Crippen LogP contribution in [0.3, 0.4) is 0 Å². The highest BCUT2D eigenvalue weighted by Gasteiger charge is 2.47. The topological polar surface area (TPSA) is 121 Å². The monoisotopic (exact) mass is 388 g/mol. The Hall–Kier alpha value is -3.62. The third kappa shape index (κ3) is 3.04. The predicted octanol–water partition coefficient (Wildman–Crippen LogP) is 2.62. The van der Waals surface area contributed by atoms with Crippen LogP contribution in [-0.2, 0) is 12.5 Å². The van der Waals surface area contributed by atoms with Crippen LogP contribution in [0.4, 0.5) is 5.82 Å². The van der Waals surface area contributed by atoms with Crippen molar-refractivity contribution in [2.75, 3.05) is 5.73 Å². The fourth-order valence-electron chi connectivity index (χ4n) is 3.61. The number of hydrogen-bond donors (Lipinski definition) is 1. The van der Waals surface area contributed by atoms with E-state index in [0.29, 0.717) is 29.1 Å². The highest BCUT2D eigenvalue weighted by molar-refractivity contribution is 5.55. The van der Waals surface area contributed by atoms with E-state index in [2.05, 4.69) is 38.2 Å². The SMILES string of the molecule is Cn1cc(-c2nc(C(C)(c3ccc(-c4cnc(N)cn4)nc3)C3CC3)no2)cn1. The summed E-state index contributed by atoms with van der Waals surface area (Å²) in [6.45, 7) is 2.16. The first kappa shape index (κ1) is 17.5. The molecule has 4 heterocycles. The molecule has 1 aliphatic carbocycles. The number of rotatable bonds is 5. The Morgan fingerprint density at radius 2 is 1.90 bits per heavy atom. The molecule has 0 spiro atoms. The smallest absolute Gasteiger partial charge is 0.261 e. The molecule has 29 heavy (non-hydrogen) atoms. The third-order valence-electron chi connectivity index (χ3n) is 5.53. The number of aromatic nitrogens is 7. The molecule has 1 fully saturated rings. The summed E-state index contributed by atoms with van der Waals surface area (Å²) in [5.74, 6) is 1.97. The lowest BCUT2D eigenvalue weighted by atomic mass is 9.77. The van der Waals surface area contributed by atoms with Crippen molar-refractivity contribution in [2.24, 2.45) is 13.0 Å². The molecular formula is C20H20N8O. The first-order chi connectivity index (χ1) is 14.0. The predicted molar refractivity (Wildman–Crippen MR) is 105 cm³/mol. The molecule has 146 valence electrons. The van der Waals surface area contributed by atoms with Crippen molar-refractivity contribution in [1.82, 2.24) is 34.9 Å². The molecule has 1 atom stereocenters. The molecule has 0 aromatic carbocycles. The molecule has 4 aromatic rings. The highest BCUT2D eigenvalue weighted by Crippen LogP contribution is 2.50. The molecule has 0 aliphatic heterocycles. The van der Waals surface area contributed by atoms with Gasteiger partial charge in [-0.1, -0.05) is 11.2 Å². The van der Waals surface area contributed by atoms with E-state index in [1.165, 1.54) is 6.20 Å². The average molecular weight is 388 g/mol. The Morgan fingerprint density at radius 1 is 1.07 bits per heavy atom. The van der Waals surface area contributed by atoms with E-state index in [0.717, 1.165) is 29.7 Å². The van der Waals surface area contributed by atoms with Crippen molar-refractivity contribution in [3.8, 4) is 22.8 Å². The Kier molecular flexibility index (Phi) is 3.90. The zero-order chi connectivity index (χ0) is 20.0. The van der Waals surface area contributed by atoms with E-state index in [1.807, 2.05) is 25.5 Å². The van der Waals surface area contributed by atoms with Gasteiger partial charge in [-0.3, -0.25) is 9.67 Å². The largest absolute Gasteiger partial charge is 0.382 e. The van der Waals surface area contributed by atoms with Crippen LogP contribution in [0.2, 0.25) is 0 Å². The molecule has 1 unspecified atom stereocenters. The molecule has 1 aliphatic rings. The molecule has 0 radical (unpaired) electrons. The minimum atomic E-state index is -0.373. The number of anilines is 1. The maximum absolute atomic E-state index is 5.61. The first-order valence-corrected chi connectivity index (χ1v) is 9.41. The molecule has 0 saturated heterocycles. The summed E-state index contributed by atoms with van der Waals surface area (Å²) < 4.78 is 7.26. The summed E-state index contributed by atoms with van der Waals surface area (Å²) in [6.07, 6.45) is 10.8. The van der Waals surface area contributed by atoms with Crippen LogP contribution in [0.5, 0.6) is 0 Å². The molecule has 9 nitrogen and oxygen atoms in total. The van der Waals surface area contributed by atoms with Gasteiger partial charge in [0.1, 0.15) is 11.5 Å². The molecule has 5 rings (SSSR count). The summed E-state index contributed by atoms with van der Waals surface area (Å²) in [7, 11) is 1.85. The van der Waals surface area contributed by atoms with Gasteiger partial charge in [-0.05, 0) is 37.3 Å². The van der Waals surface area contributed by atoms with Gasteiger partial charge in [0.05, 0.1) is 35.3 Å². The minimum absolute atomic E-state index is 0.373. The van der Waals surface area contributed by atoms with Gasteiger partial charge in [0.25, 0.3) is 5.89 Å². The third-order valence-corrected chi connectivity index (χ3v) is 5.53. The van der Waals surface area contributed by atoms with Gasteiger partial charge in [-0.15, -0.1) is 0 Å². The van der Waals surface area contributed by atoms with Crippen LogP contribution in [0.1, 0.15) is 31.2 Å². The Balaban J connectivity index is 1.50. The molecule has 4 aromatic heterocycles. The molecule has 0 bridgehead atoms. The van der Waals surface area contributed by atoms with Crippen molar-refractivity contribution < 1.29 is 4.52 Å². The first-order valence-electron chi connectivity index (χ1n) is 9.41. The van der Waals surface area contributed by atoms with Crippen molar-refractivity contribution in [3.05, 3.63) is 54.5 Å². The standard InChI is InChI=1S/C20H20N8O/c1-20(13-3-4-13,19-26-18(29-27-19)12-7-25-28(2)11-12)14-5-6-15(22-8-14)16-9-24-17(21)10-23-16/h5-11,13H,3-4H2,1-2H3,(H2,21,24). The summed E-state index contributed by atoms with van der Waals surface area (Å²) in [4.78, 5) is 17.7. The van der Waals surface area contributed by atoms with Gasteiger partial charge in [0.2, 0.25) is 0 Å². The second-order valence-corrected chi connectivity index (χ2v) is 7.56. The molecule has 9 heteroatoms. The summed E-state index contributed by atoms with van der Waals surface area (Å²) in [5.41, 5.74) is 8.51. The zero-order valence-corrected chi connectivity index (χ0v) is 16.1. The number of nitrogen functional groups attached to an aromatic ring is 1. The lowest BCUT2D eigenvalue weighted by molar-refractivity contribution is 0.386. The van der Waals surface area contributed by atoms with Crippen LogP contribution in [-0.4, -0.2) is 34.9 Å². The number of nitrogens with two attached hydrogens (primary N) is 1. The number of hydrogen-bond acceptors (Lipinski definition) is 8. The van der Waals surface area contributed by atoms with Gasteiger partial charge in [0, 0.05) is 19.4 Å². The van der Waals surface area contributed by atoms with Crippen molar-refractivity contribution >= 4 is 5.82 Å². The van der Waals surface area contributed by atoms with Crippen LogP contribution in [0, 0.1) is 5.92 Å². The van der Waals surface area contributed by atoms with Crippen LogP contribution in [0.25, 0.3) is 22.8 Å². The van der Waals surface area contributed by atoms with E-state index in [-0.39, 0.29) is 5.41 Å². The van der Waals surface area contributed by atoms with Gasteiger partial charge >= 0.3 is 0 Å². The highest BCUT2D eigenvalue weighted by atomic mass is 16.5. The van der Waals surface area contributed by atoms with Gasteiger partial charge in [-0.2, -0.15) is 10.1 Å². The zero-order valence-electron chi connectivity index (χ0n) is 16.1. The van der Waals surface area contributed by atoms with E-state index >= 15 is 0 Å². The van der Waals surface area contributed by atoms with Crippen molar-refractivity contribution in [3.63, 3.8) is 0 Å².